The highest BCUT2D eigenvalue weighted by Gasteiger charge is 2.30. The number of rotatable bonds is 3. The monoisotopic (exact) mass is 240 g/mol. The molecule has 0 aromatic carbocycles. The van der Waals surface area contributed by atoms with E-state index in [0.29, 0.717) is 18.5 Å². The maximum Gasteiger partial charge on any atom is 0.0794 e. The lowest BCUT2D eigenvalue weighted by Gasteiger charge is -2.41. The minimum absolute atomic E-state index is 0.417. The Balaban J connectivity index is 2.13. The SMILES string of the molecule is CN1CCN(C)C(C(CN)c2cncs2)C1. The highest BCUT2D eigenvalue weighted by atomic mass is 32.1. The minimum atomic E-state index is 0.417. The average Bonchev–Trinajstić information content (AvgIpc) is 2.78. The van der Waals surface area contributed by atoms with Crippen LogP contribution in [0.2, 0.25) is 0 Å². The molecule has 1 fully saturated rings. The molecular formula is C11H20N4S. The summed E-state index contributed by atoms with van der Waals surface area (Å²) in [5.41, 5.74) is 7.83. The van der Waals surface area contributed by atoms with Crippen molar-refractivity contribution in [1.82, 2.24) is 14.8 Å². The standard InChI is InChI=1S/C11H20N4S/c1-14-3-4-15(2)10(7-14)9(5-12)11-6-13-8-16-11/h6,8-10H,3-5,7,12H2,1-2H3. The van der Waals surface area contributed by atoms with Crippen LogP contribution < -0.4 is 5.73 Å². The number of hydrogen-bond donors (Lipinski definition) is 1. The van der Waals surface area contributed by atoms with Crippen LogP contribution in [0.1, 0.15) is 10.8 Å². The van der Waals surface area contributed by atoms with E-state index in [1.165, 1.54) is 4.88 Å². The lowest BCUT2D eigenvalue weighted by Crippen LogP contribution is -2.53. The van der Waals surface area contributed by atoms with Gasteiger partial charge in [0.25, 0.3) is 0 Å². The van der Waals surface area contributed by atoms with Crippen molar-refractivity contribution in [3.8, 4) is 0 Å². The molecule has 0 bridgehead atoms. The molecule has 2 N–H and O–H groups in total. The number of nitrogens with two attached hydrogens (primary N) is 1. The van der Waals surface area contributed by atoms with E-state index in [9.17, 15) is 0 Å². The van der Waals surface area contributed by atoms with Crippen LogP contribution in [-0.4, -0.2) is 61.1 Å². The quantitative estimate of drug-likeness (QED) is 0.832. The van der Waals surface area contributed by atoms with Gasteiger partial charge in [-0.2, -0.15) is 0 Å². The molecule has 2 heterocycles. The third-order valence-corrected chi connectivity index (χ3v) is 4.34. The summed E-state index contributed by atoms with van der Waals surface area (Å²) in [6, 6.07) is 0.518. The number of nitrogens with zero attached hydrogens (tertiary/aromatic N) is 3. The Labute approximate surface area is 101 Å². The molecule has 0 spiro atoms. The van der Waals surface area contributed by atoms with Crippen LogP contribution in [0.5, 0.6) is 0 Å². The molecular weight excluding hydrogens is 220 g/mol. The number of thiazole rings is 1. The van der Waals surface area contributed by atoms with Gasteiger partial charge in [0.2, 0.25) is 0 Å². The van der Waals surface area contributed by atoms with E-state index in [2.05, 4.69) is 28.9 Å². The van der Waals surface area contributed by atoms with E-state index in [1.807, 2.05) is 11.7 Å². The first-order valence-corrected chi connectivity index (χ1v) is 6.57. The van der Waals surface area contributed by atoms with Gasteiger partial charge < -0.3 is 15.5 Å². The Bertz CT molecular complexity index is 314. The smallest absolute Gasteiger partial charge is 0.0794 e. The molecule has 1 aromatic rings. The van der Waals surface area contributed by atoms with Crippen molar-refractivity contribution in [2.75, 3.05) is 40.3 Å². The number of aromatic nitrogens is 1. The highest BCUT2D eigenvalue weighted by molar-refractivity contribution is 7.09. The van der Waals surface area contributed by atoms with E-state index in [0.717, 1.165) is 19.6 Å². The largest absolute Gasteiger partial charge is 0.330 e. The maximum atomic E-state index is 5.94. The summed E-state index contributed by atoms with van der Waals surface area (Å²) >= 11 is 1.72. The fourth-order valence-corrected chi connectivity index (χ4v) is 3.14. The van der Waals surface area contributed by atoms with E-state index >= 15 is 0 Å². The second kappa shape index (κ2) is 5.23. The average molecular weight is 240 g/mol. The van der Waals surface area contributed by atoms with Gasteiger partial charge in [-0.15, -0.1) is 11.3 Å². The number of hydrogen-bond acceptors (Lipinski definition) is 5. The normalized spacial score (nSPS) is 25.8. The lowest BCUT2D eigenvalue weighted by atomic mass is 9.95. The molecule has 0 radical (unpaired) electrons. The van der Waals surface area contributed by atoms with Gasteiger partial charge >= 0.3 is 0 Å². The van der Waals surface area contributed by atoms with Crippen LogP contribution >= 0.6 is 11.3 Å². The zero-order valence-electron chi connectivity index (χ0n) is 9.97. The molecule has 2 unspecified atom stereocenters. The molecule has 2 atom stereocenters. The van der Waals surface area contributed by atoms with E-state index in [4.69, 9.17) is 5.73 Å². The summed E-state index contributed by atoms with van der Waals surface area (Å²) in [5, 5.41) is 0. The minimum Gasteiger partial charge on any atom is -0.330 e. The molecule has 0 saturated carbocycles. The van der Waals surface area contributed by atoms with Crippen molar-refractivity contribution in [2.45, 2.75) is 12.0 Å². The van der Waals surface area contributed by atoms with Crippen molar-refractivity contribution in [2.24, 2.45) is 5.73 Å². The summed E-state index contributed by atoms with van der Waals surface area (Å²) in [7, 11) is 4.38. The summed E-state index contributed by atoms with van der Waals surface area (Å²) in [6.07, 6.45) is 1.96. The van der Waals surface area contributed by atoms with Crippen LogP contribution in [0.4, 0.5) is 0 Å². The Kier molecular flexibility index (Phi) is 3.91. The Morgan fingerprint density at radius 3 is 3.00 bits per heavy atom. The van der Waals surface area contributed by atoms with Crippen molar-refractivity contribution >= 4 is 11.3 Å². The molecule has 2 rings (SSSR count). The molecule has 0 amide bonds. The topological polar surface area (TPSA) is 45.4 Å². The summed E-state index contributed by atoms with van der Waals surface area (Å²) in [4.78, 5) is 10.3. The molecule has 5 heteroatoms. The molecule has 1 aromatic heterocycles. The molecule has 4 nitrogen and oxygen atoms in total. The van der Waals surface area contributed by atoms with Gasteiger partial charge in [-0.1, -0.05) is 0 Å². The first-order valence-electron chi connectivity index (χ1n) is 5.69. The molecule has 90 valence electrons. The molecule has 16 heavy (non-hydrogen) atoms. The molecule has 1 aliphatic heterocycles. The van der Waals surface area contributed by atoms with Gasteiger partial charge in [-0.05, 0) is 14.1 Å². The third-order valence-electron chi connectivity index (χ3n) is 3.43. The van der Waals surface area contributed by atoms with Crippen LogP contribution in [-0.2, 0) is 0 Å². The molecule has 1 aliphatic rings. The van der Waals surface area contributed by atoms with Gasteiger partial charge in [-0.25, -0.2) is 0 Å². The van der Waals surface area contributed by atoms with Crippen LogP contribution in [0.15, 0.2) is 11.7 Å². The van der Waals surface area contributed by atoms with Crippen molar-refractivity contribution < 1.29 is 0 Å². The van der Waals surface area contributed by atoms with Gasteiger partial charge in [0.15, 0.2) is 0 Å². The van der Waals surface area contributed by atoms with E-state index in [-0.39, 0.29) is 0 Å². The fraction of sp³-hybridized carbons (Fsp3) is 0.727. The zero-order chi connectivity index (χ0) is 11.5. The zero-order valence-corrected chi connectivity index (χ0v) is 10.8. The van der Waals surface area contributed by atoms with Gasteiger partial charge in [0, 0.05) is 49.2 Å². The van der Waals surface area contributed by atoms with Gasteiger partial charge in [0.1, 0.15) is 0 Å². The Hall–Kier alpha value is -0.490. The molecule has 0 aliphatic carbocycles. The van der Waals surface area contributed by atoms with Gasteiger partial charge in [0.05, 0.1) is 5.51 Å². The first-order chi connectivity index (χ1) is 7.72. The predicted octanol–water partition coefficient (Wildman–Crippen LogP) is 0.431. The second-order valence-corrected chi connectivity index (χ2v) is 5.47. The maximum absolute atomic E-state index is 5.94. The summed E-state index contributed by atoms with van der Waals surface area (Å²) < 4.78 is 0. The fourth-order valence-electron chi connectivity index (χ4n) is 2.35. The van der Waals surface area contributed by atoms with Crippen molar-refractivity contribution in [3.63, 3.8) is 0 Å². The second-order valence-electron chi connectivity index (χ2n) is 4.56. The van der Waals surface area contributed by atoms with Crippen molar-refractivity contribution in [3.05, 3.63) is 16.6 Å². The number of likely N-dealkylation sites (N-methyl/N-ethyl adjacent to an activating group) is 2. The molecule has 1 saturated heterocycles. The lowest BCUT2D eigenvalue weighted by molar-refractivity contribution is 0.0984. The summed E-state index contributed by atoms with van der Waals surface area (Å²) in [6.45, 7) is 4.06. The van der Waals surface area contributed by atoms with Crippen LogP contribution in [0.3, 0.4) is 0 Å². The first kappa shape index (κ1) is 12.0. The third kappa shape index (κ3) is 2.43. The van der Waals surface area contributed by atoms with E-state index in [1.54, 1.807) is 11.3 Å². The summed E-state index contributed by atoms with van der Waals surface area (Å²) in [5.74, 6) is 0.417. The predicted molar refractivity (Wildman–Crippen MR) is 67.8 cm³/mol. The number of piperazine rings is 1. The van der Waals surface area contributed by atoms with Crippen LogP contribution in [0.25, 0.3) is 0 Å². The van der Waals surface area contributed by atoms with E-state index < -0.39 is 0 Å². The highest BCUT2D eigenvalue weighted by Crippen LogP contribution is 2.27. The van der Waals surface area contributed by atoms with Crippen LogP contribution in [0, 0.1) is 0 Å². The Morgan fingerprint density at radius 1 is 1.56 bits per heavy atom. The van der Waals surface area contributed by atoms with Crippen molar-refractivity contribution in [1.29, 1.82) is 0 Å². The van der Waals surface area contributed by atoms with Gasteiger partial charge in [-0.3, -0.25) is 4.98 Å². The Morgan fingerprint density at radius 2 is 2.38 bits per heavy atom.